The Morgan fingerprint density at radius 2 is 1.62 bits per heavy atom. The summed E-state index contributed by atoms with van der Waals surface area (Å²) in [6.07, 6.45) is 3.84. The van der Waals surface area contributed by atoms with E-state index < -0.39 is 10.0 Å². The van der Waals surface area contributed by atoms with Gasteiger partial charge < -0.3 is 4.90 Å². The highest BCUT2D eigenvalue weighted by Gasteiger charge is 2.25. The minimum atomic E-state index is -3.74. The van der Waals surface area contributed by atoms with Crippen LogP contribution in [-0.4, -0.2) is 68.8 Å². The molecule has 0 fully saturated rings. The molecule has 10 heteroatoms. The Kier molecular flexibility index (Phi) is 11.0. The quantitative estimate of drug-likeness (QED) is 0.280. The van der Waals surface area contributed by atoms with Crippen molar-refractivity contribution in [3.63, 3.8) is 0 Å². The minimum absolute atomic E-state index is 0. The van der Waals surface area contributed by atoms with Crippen LogP contribution < -0.4 is 4.90 Å². The van der Waals surface area contributed by atoms with Crippen molar-refractivity contribution in [2.75, 3.05) is 45.2 Å². The molecular weight excluding hydrogens is 528 g/mol. The lowest BCUT2D eigenvalue weighted by atomic mass is 10.1. The molecule has 0 atom stereocenters. The van der Waals surface area contributed by atoms with Crippen LogP contribution in [0.2, 0.25) is 0 Å². The average molecular weight is 563 g/mol. The Hall–Kier alpha value is -2.56. The number of amides is 1. The van der Waals surface area contributed by atoms with Crippen LogP contribution in [0.3, 0.4) is 0 Å². The summed E-state index contributed by atoms with van der Waals surface area (Å²) in [5, 5.41) is 0.641. The monoisotopic (exact) mass is 562 g/mol. The van der Waals surface area contributed by atoms with Gasteiger partial charge in [0.15, 0.2) is 5.13 Å². The molecule has 0 bridgehead atoms. The molecule has 0 aliphatic heterocycles. The van der Waals surface area contributed by atoms with Crippen molar-refractivity contribution in [1.82, 2.24) is 14.2 Å². The van der Waals surface area contributed by atoms with Crippen LogP contribution in [0.4, 0.5) is 5.13 Å². The van der Waals surface area contributed by atoms with Gasteiger partial charge in [0.05, 0.1) is 15.1 Å². The molecule has 0 unspecified atom stereocenters. The van der Waals surface area contributed by atoms with E-state index in [1.165, 1.54) is 39.9 Å². The lowest BCUT2D eigenvalue weighted by molar-refractivity contribution is 0.0986. The number of sulfonamides is 1. The van der Waals surface area contributed by atoms with Crippen molar-refractivity contribution in [2.24, 2.45) is 0 Å². The van der Waals surface area contributed by atoms with E-state index in [9.17, 15) is 13.2 Å². The molecule has 3 aromatic rings. The highest BCUT2D eigenvalue weighted by molar-refractivity contribution is 7.89. The molecule has 0 spiro atoms. The predicted molar refractivity (Wildman–Crippen MR) is 157 cm³/mol. The number of nitrogens with zero attached hydrogens (tertiary/aromatic N) is 4. The van der Waals surface area contributed by atoms with Crippen LogP contribution in [0.15, 0.2) is 66.6 Å². The number of carbonyl (C=O) groups is 1. The molecule has 37 heavy (non-hydrogen) atoms. The number of carbonyl (C=O) groups excluding carboxylic acids is 1. The number of thiazole rings is 1. The summed E-state index contributed by atoms with van der Waals surface area (Å²) in [5.41, 5.74) is 3.58. The number of aromatic nitrogens is 1. The number of benzene rings is 2. The van der Waals surface area contributed by atoms with Crippen LogP contribution in [0.1, 0.15) is 27.9 Å². The van der Waals surface area contributed by atoms with E-state index >= 15 is 0 Å². The van der Waals surface area contributed by atoms with Crippen molar-refractivity contribution in [1.29, 1.82) is 0 Å². The van der Waals surface area contributed by atoms with Crippen LogP contribution in [0, 0.1) is 13.8 Å². The molecule has 0 saturated carbocycles. The molecule has 0 radical (unpaired) electrons. The summed E-state index contributed by atoms with van der Waals surface area (Å²) in [6.45, 7) is 13.0. The first-order valence-corrected chi connectivity index (χ1v) is 14.0. The highest BCUT2D eigenvalue weighted by Crippen LogP contribution is 2.33. The topological polar surface area (TPSA) is 73.8 Å². The van der Waals surface area contributed by atoms with E-state index in [0.717, 1.165) is 34.3 Å². The van der Waals surface area contributed by atoms with Crippen molar-refractivity contribution < 1.29 is 13.2 Å². The lowest BCUT2D eigenvalue weighted by Gasteiger charge is -2.22. The third-order valence-electron chi connectivity index (χ3n) is 5.94. The maximum absolute atomic E-state index is 13.6. The Balaban J connectivity index is 0.00000481. The van der Waals surface area contributed by atoms with E-state index in [2.05, 4.69) is 31.0 Å². The van der Waals surface area contributed by atoms with E-state index in [1.54, 1.807) is 17.0 Å². The second-order valence-corrected chi connectivity index (χ2v) is 11.8. The third-order valence-corrected chi connectivity index (χ3v) is 8.83. The number of hydrogen-bond acceptors (Lipinski definition) is 6. The van der Waals surface area contributed by atoms with Gasteiger partial charge in [-0.05, 0) is 82.4 Å². The lowest BCUT2D eigenvalue weighted by Crippen LogP contribution is -2.33. The molecule has 7 nitrogen and oxygen atoms in total. The number of rotatable bonds is 12. The molecule has 1 heterocycles. The van der Waals surface area contributed by atoms with Gasteiger partial charge in [0.1, 0.15) is 0 Å². The molecule has 200 valence electrons. The van der Waals surface area contributed by atoms with Crippen molar-refractivity contribution in [3.8, 4) is 0 Å². The fraction of sp³-hybridized carbons (Fsp3) is 0.333. The standard InChI is InChI=1S/C27H34N4O3S2.ClH/c1-7-16-30(17-8-2)36(33,34)23-13-11-22(12-14-23)26(32)31(19-9-18-29(5)6)27-28-25-21(4)20(3)10-15-24(25)35-27;/h7-8,10-15H,1-2,9,16-19H2,3-6H3;1H. The summed E-state index contributed by atoms with van der Waals surface area (Å²) in [6, 6.07) is 10.2. The van der Waals surface area contributed by atoms with Crippen molar-refractivity contribution in [2.45, 2.75) is 25.2 Å². The second-order valence-electron chi connectivity index (χ2n) is 8.89. The smallest absolute Gasteiger partial charge is 0.260 e. The first kappa shape index (κ1) is 30.7. The van der Waals surface area contributed by atoms with E-state index in [-0.39, 0.29) is 36.3 Å². The number of hydrogen-bond donors (Lipinski definition) is 0. The van der Waals surface area contributed by atoms with Gasteiger partial charge in [-0.25, -0.2) is 13.4 Å². The average Bonchev–Trinajstić information content (AvgIpc) is 3.28. The number of fused-ring (bicyclic) bond motifs is 1. The van der Waals surface area contributed by atoms with Crippen molar-refractivity contribution >= 4 is 55.0 Å². The normalized spacial score (nSPS) is 11.5. The molecule has 0 saturated heterocycles. The predicted octanol–water partition coefficient (Wildman–Crippen LogP) is 5.30. The van der Waals surface area contributed by atoms with Crippen LogP contribution >= 0.6 is 23.7 Å². The molecule has 2 aromatic carbocycles. The fourth-order valence-corrected chi connectivity index (χ4v) is 6.22. The van der Waals surface area contributed by atoms with Gasteiger partial charge in [0, 0.05) is 25.2 Å². The van der Waals surface area contributed by atoms with E-state index in [1.807, 2.05) is 27.1 Å². The summed E-state index contributed by atoms with van der Waals surface area (Å²) >= 11 is 1.49. The largest absolute Gasteiger partial charge is 0.309 e. The van der Waals surface area contributed by atoms with E-state index in [0.29, 0.717) is 17.2 Å². The van der Waals surface area contributed by atoms with Gasteiger partial charge >= 0.3 is 0 Å². The van der Waals surface area contributed by atoms with Gasteiger partial charge in [-0.1, -0.05) is 29.6 Å². The highest BCUT2D eigenvalue weighted by atomic mass is 35.5. The Morgan fingerprint density at radius 1 is 1.00 bits per heavy atom. The van der Waals surface area contributed by atoms with Gasteiger partial charge in [-0.3, -0.25) is 9.69 Å². The molecular formula is C27H35ClN4O3S2. The Bertz CT molecular complexity index is 1340. The summed E-state index contributed by atoms with van der Waals surface area (Å²) in [7, 11) is 0.254. The number of halogens is 1. The zero-order valence-electron chi connectivity index (χ0n) is 21.8. The van der Waals surface area contributed by atoms with Crippen LogP contribution in [-0.2, 0) is 10.0 Å². The fourth-order valence-electron chi connectivity index (χ4n) is 3.79. The summed E-state index contributed by atoms with van der Waals surface area (Å²) < 4.78 is 28.4. The van der Waals surface area contributed by atoms with Crippen LogP contribution in [0.5, 0.6) is 0 Å². The summed E-state index contributed by atoms with van der Waals surface area (Å²) in [5.74, 6) is -0.208. The Morgan fingerprint density at radius 3 is 2.19 bits per heavy atom. The van der Waals surface area contributed by atoms with Gasteiger partial charge in [0.2, 0.25) is 10.0 Å². The summed E-state index contributed by atoms with van der Waals surface area (Å²) in [4.78, 5) is 22.4. The molecule has 1 aromatic heterocycles. The van der Waals surface area contributed by atoms with Gasteiger partial charge in [-0.15, -0.1) is 25.6 Å². The molecule has 0 aliphatic carbocycles. The number of aryl methyl sites for hydroxylation is 2. The zero-order chi connectivity index (χ0) is 26.5. The maximum atomic E-state index is 13.6. The van der Waals surface area contributed by atoms with Crippen molar-refractivity contribution in [3.05, 3.63) is 78.4 Å². The minimum Gasteiger partial charge on any atom is -0.309 e. The second kappa shape index (κ2) is 13.3. The van der Waals surface area contributed by atoms with Crippen LogP contribution in [0.25, 0.3) is 10.2 Å². The maximum Gasteiger partial charge on any atom is 0.260 e. The molecule has 0 N–H and O–H groups in total. The van der Waals surface area contributed by atoms with Gasteiger partial charge in [0.25, 0.3) is 5.91 Å². The van der Waals surface area contributed by atoms with Gasteiger partial charge in [-0.2, -0.15) is 4.31 Å². The Labute approximate surface area is 230 Å². The number of anilines is 1. The molecule has 0 aliphatic rings. The third kappa shape index (κ3) is 7.06. The van der Waals surface area contributed by atoms with E-state index in [4.69, 9.17) is 4.98 Å². The molecule has 3 rings (SSSR count). The zero-order valence-corrected chi connectivity index (χ0v) is 24.3. The first-order valence-electron chi connectivity index (χ1n) is 11.8. The SMILES string of the molecule is C=CCN(CC=C)S(=O)(=O)c1ccc(C(=O)N(CCCN(C)C)c2nc3c(C)c(C)ccc3s2)cc1.Cl. The first-order chi connectivity index (χ1) is 17.1. The molecule has 1 amide bonds.